The molecule has 3 unspecified atom stereocenters. The van der Waals surface area contributed by atoms with Crippen molar-refractivity contribution < 1.29 is 47.5 Å². The number of methoxy groups -OCH3 is 1. The number of carbonyl (C=O) groups excluding carboxylic acids is 3. The average molecular weight is 591 g/mol. The van der Waals surface area contributed by atoms with Gasteiger partial charge >= 0.3 is 18.0 Å². The summed E-state index contributed by atoms with van der Waals surface area (Å²) >= 11 is 0. The second-order valence-corrected chi connectivity index (χ2v) is 11.0. The lowest BCUT2D eigenvalue weighted by molar-refractivity contribution is -0.155. The average Bonchev–Trinajstić information content (AvgIpc) is 2.93. The highest BCUT2D eigenvalue weighted by Crippen LogP contribution is 2.25. The summed E-state index contributed by atoms with van der Waals surface area (Å²) in [5.74, 6) is -0.536. The van der Waals surface area contributed by atoms with Crippen LogP contribution in [0.15, 0.2) is 0 Å². The summed E-state index contributed by atoms with van der Waals surface area (Å²) in [6, 6.07) is -1.03. The van der Waals surface area contributed by atoms with Crippen molar-refractivity contribution in [2.24, 2.45) is 17.8 Å². The number of carbonyl (C=O) groups is 3. The van der Waals surface area contributed by atoms with Crippen LogP contribution in [-0.2, 0) is 42.7 Å². The number of hydrogen-bond acceptors (Lipinski definition) is 11. The summed E-state index contributed by atoms with van der Waals surface area (Å²) in [6.07, 6.45) is -0.192. The molecule has 0 bridgehead atoms. The molecule has 0 aromatic carbocycles. The summed E-state index contributed by atoms with van der Waals surface area (Å²) in [6.45, 7) is 16.6. The van der Waals surface area contributed by atoms with Gasteiger partial charge in [0, 0.05) is 26.6 Å². The molecular weight excluding hydrogens is 536 g/mol. The van der Waals surface area contributed by atoms with E-state index in [2.05, 4.69) is 32.6 Å². The Balaban J connectivity index is 3.05. The molecule has 41 heavy (non-hydrogen) atoms. The quantitative estimate of drug-likeness (QED) is 0.189. The van der Waals surface area contributed by atoms with Crippen molar-refractivity contribution in [3.05, 3.63) is 0 Å². The Hall–Kier alpha value is -1.99. The standard InChI is InChI=1S/C29H54N2O10/c1-22(2)20-27(24(5)23(3)4)41-29(34)31(21-40-25(6)32)26(28(33)35-7)8-9-30-10-12-36-14-16-38-18-19-39-17-15-37-13-11-30/h22-24,26-27H,8-21H2,1-7H3. The van der Waals surface area contributed by atoms with E-state index >= 15 is 0 Å². The van der Waals surface area contributed by atoms with Crippen LogP contribution in [0.2, 0.25) is 0 Å². The zero-order valence-electron chi connectivity index (χ0n) is 26.3. The van der Waals surface area contributed by atoms with Crippen molar-refractivity contribution >= 4 is 18.0 Å². The molecule has 1 amide bonds. The second-order valence-electron chi connectivity index (χ2n) is 11.0. The second kappa shape index (κ2) is 21.7. The van der Waals surface area contributed by atoms with E-state index in [-0.39, 0.29) is 24.4 Å². The van der Waals surface area contributed by atoms with Gasteiger partial charge in [-0.25, -0.2) is 9.59 Å². The number of rotatable bonds is 12. The third-order valence-electron chi connectivity index (χ3n) is 7.02. The summed E-state index contributed by atoms with van der Waals surface area (Å²) in [5.41, 5.74) is 0. The van der Waals surface area contributed by atoms with Gasteiger partial charge in [-0.1, -0.05) is 34.6 Å². The molecular formula is C29H54N2O10. The zero-order chi connectivity index (χ0) is 30.6. The predicted molar refractivity (Wildman–Crippen MR) is 152 cm³/mol. The van der Waals surface area contributed by atoms with Crippen molar-refractivity contribution in [1.29, 1.82) is 0 Å². The minimum absolute atomic E-state index is 0.0874. The third-order valence-corrected chi connectivity index (χ3v) is 7.02. The van der Waals surface area contributed by atoms with Crippen LogP contribution in [0.25, 0.3) is 0 Å². The molecule has 1 saturated heterocycles. The molecule has 1 aliphatic heterocycles. The van der Waals surface area contributed by atoms with E-state index in [1.807, 2.05) is 6.92 Å². The molecule has 12 nitrogen and oxygen atoms in total. The minimum atomic E-state index is -1.03. The number of esters is 2. The molecule has 0 aromatic heterocycles. The smallest absolute Gasteiger partial charge is 0.413 e. The maximum atomic E-state index is 13.6. The molecule has 0 saturated carbocycles. The Morgan fingerprint density at radius 2 is 1.34 bits per heavy atom. The lowest BCUT2D eigenvalue weighted by Gasteiger charge is -2.34. The van der Waals surface area contributed by atoms with E-state index in [9.17, 15) is 14.4 Å². The van der Waals surface area contributed by atoms with Gasteiger partial charge in [-0.3, -0.25) is 14.6 Å². The highest BCUT2D eigenvalue weighted by molar-refractivity contribution is 5.81. The van der Waals surface area contributed by atoms with Crippen molar-refractivity contribution in [2.75, 3.05) is 86.3 Å². The fraction of sp³-hybridized carbons (Fsp3) is 0.897. The Bertz CT molecular complexity index is 720. The van der Waals surface area contributed by atoms with Gasteiger partial charge in [0.15, 0.2) is 6.73 Å². The van der Waals surface area contributed by atoms with Gasteiger partial charge in [-0.05, 0) is 30.6 Å². The zero-order valence-corrected chi connectivity index (χ0v) is 26.3. The summed E-state index contributed by atoms with van der Waals surface area (Å²) in [7, 11) is 1.27. The normalized spacial score (nSPS) is 19.0. The van der Waals surface area contributed by atoms with E-state index in [1.165, 1.54) is 14.0 Å². The molecule has 0 aliphatic carbocycles. The SMILES string of the molecule is COC(=O)C(CCN1CCOCCOCCOCCOCC1)N(COC(C)=O)C(=O)OC(CC(C)C)C(C)C(C)C. The van der Waals surface area contributed by atoms with Gasteiger partial charge < -0.3 is 33.2 Å². The van der Waals surface area contributed by atoms with Crippen molar-refractivity contribution in [1.82, 2.24) is 9.80 Å². The van der Waals surface area contributed by atoms with Crippen molar-refractivity contribution in [3.8, 4) is 0 Å². The molecule has 1 heterocycles. The molecule has 12 heteroatoms. The molecule has 1 rings (SSSR count). The monoisotopic (exact) mass is 590 g/mol. The molecule has 0 radical (unpaired) electrons. The Kier molecular flexibility index (Phi) is 19.6. The Morgan fingerprint density at radius 1 is 0.829 bits per heavy atom. The van der Waals surface area contributed by atoms with Crippen LogP contribution in [0, 0.1) is 17.8 Å². The number of hydrogen-bond donors (Lipinski definition) is 0. The molecule has 3 atom stereocenters. The Morgan fingerprint density at radius 3 is 1.78 bits per heavy atom. The lowest BCUT2D eigenvalue weighted by atomic mass is 9.87. The van der Waals surface area contributed by atoms with Gasteiger partial charge in [0.25, 0.3) is 0 Å². The van der Waals surface area contributed by atoms with Crippen molar-refractivity contribution in [3.63, 3.8) is 0 Å². The van der Waals surface area contributed by atoms with Crippen LogP contribution in [-0.4, -0.2) is 126 Å². The fourth-order valence-electron chi connectivity index (χ4n) is 4.22. The number of amides is 1. The number of nitrogens with zero attached hydrogens (tertiary/aromatic N) is 2. The van der Waals surface area contributed by atoms with E-state index in [4.69, 9.17) is 33.2 Å². The first-order chi connectivity index (χ1) is 19.6. The highest BCUT2D eigenvalue weighted by Gasteiger charge is 2.35. The van der Waals surface area contributed by atoms with E-state index < -0.39 is 30.8 Å². The van der Waals surface area contributed by atoms with Gasteiger partial charge in [-0.15, -0.1) is 0 Å². The fourth-order valence-corrected chi connectivity index (χ4v) is 4.22. The first kappa shape index (κ1) is 37.0. The molecule has 240 valence electrons. The van der Waals surface area contributed by atoms with Crippen LogP contribution in [0.4, 0.5) is 4.79 Å². The van der Waals surface area contributed by atoms with Crippen LogP contribution in [0.5, 0.6) is 0 Å². The molecule has 0 spiro atoms. The molecule has 0 aromatic rings. The van der Waals surface area contributed by atoms with Gasteiger partial charge in [0.05, 0.1) is 60.0 Å². The van der Waals surface area contributed by atoms with Gasteiger partial charge in [0.2, 0.25) is 0 Å². The maximum absolute atomic E-state index is 13.6. The number of ether oxygens (including phenoxy) is 7. The van der Waals surface area contributed by atoms with E-state index in [0.717, 1.165) is 4.90 Å². The Labute approximate surface area is 246 Å². The molecule has 0 N–H and O–H groups in total. The highest BCUT2D eigenvalue weighted by atomic mass is 16.6. The third kappa shape index (κ3) is 16.3. The molecule has 1 aliphatic rings. The summed E-state index contributed by atoms with van der Waals surface area (Å²) in [4.78, 5) is 41.5. The molecule has 1 fully saturated rings. The minimum Gasteiger partial charge on any atom is -0.467 e. The maximum Gasteiger partial charge on any atom is 0.413 e. The summed E-state index contributed by atoms with van der Waals surface area (Å²) < 4.78 is 38.6. The predicted octanol–water partition coefficient (Wildman–Crippen LogP) is 2.97. The van der Waals surface area contributed by atoms with Crippen LogP contribution >= 0.6 is 0 Å². The van der Waals surface area contributed by atoms with Crippen LogP contribution < -0.4 is 0 Å². The van der Waals surface area contributed by atoms with E-state index in [0.29, 0.717) is 84.8 Å². The van der Waals surface area contributed by atoms with Crippen molar-refractivity contribution in [2.45, 2.75) is 66.5 Å². The van der Waals surface area contributed by atoms with E-state index in [1.54, 1.807) is 0 Å². The largest absolute Gasteiger partial charge is 0.467 e. The summed E-state index contributed by atoms with van der Waals surface area (Å²) in [5, 5.41) is 0. The first-order valence-corrected chi connectivity index (χ1v) is 14.8. The van der Waals surface area contributed by atoms with Crippen LogP contribution in [0.1, 0.15) is 54.4 Å². The first-order valence-electron chi connectivity index (χ1n) is 14.8. The van der Waals surface area contributed by atoms with Gasteiger partial charge in [0.1, 0.15) is 12.1 Å². The van der Waals surface area contributed by atoms with Crippen LogP contribution in [0.3, 0.4) is 0 Å². The van der Waals surface area contributed by atoms with Gasteiger partial charge in [-0.2, -0.15) is 0 Å². The topological polar surface area (TPSA) is 122 Å². The lowest BCUT2D eigenvalue weighted by Crippen LogP contribution is -2.50.